The number of hydrogen-bond donors (Lipinski definition) is 0. The highest BCUT2D eigenvalue weighted by Crippen LogP contribution is 2.18. The smallest absolute Gasteiger partial charge is 0.122 e. The number of nitrogens with zero attached hydrogens (tertiary/aromatic N) is 1. The van der Waals surface area contributed by atoms with E-state index in [4.69, 9.17) is 4.74 Å². The Hall–Kier alpha value is 1.38. The summed E-state index contributed by atoms with van der Waals surface area (Å²) >= 11 is 4.65. The SMILES string of the molecule is C[C@H]1CN(I)C[C@@H](I)O1. The average Bonchev–Trinajstić information content (AvgIpc) is 1.59. The van der Waals surface area contributed by atoms with Crippen LogP contribution in [0, 0.1) is 0 Å². The predicted octanol–water partition coefficient (Wildman–Crippen LogP) is 1.82. The molecule has 1 rings (SSSR count). The first-order chi connectivity index (χ1) is 4.18. The normalized spacial score (nSPS) is 39.0. The molecule has 0 amide bonds. The lowest BCUT2D eigenvalue weighted by Crippen LogP contribution is -2.38. The van der Waals surface area contributed by atoms with Crippen molar-refractivity contribution in [3.63, 3.8) is 0 Å². The molecule has 2 atom stereocenters. The number of halogens is 2. The lowest BCUT2D eigenvalue weighted by Gasteiger charge is -2.29. The summed E-state index contributed by atoms with van der Waals surface area (Å²) in [5.74, 6) is 0. The van der Waals surface area contributed by atoms with E-state index in [2.05, 4.69) is 55.5 Å². The predicted molar refractivity (Wildman–Crippen MR) is 53.9 cm³/mol. The molecule has 2 nitrogen and oxygen atoms in total. The Morgan fingerprint density at radius 1 is 1.56 bits per heavy atom. The van der Waals surface area contributed by atoms with E-state index in [1.165, 1.54) is 0 Å². The molecule has 0 unspecified atom stereocenters. The van der Waals surface area contributed by atoms with E-state index >= 15 is 0 Å². The van der Waals surface area contributed by atoms with Crippen LogP contribution in [-0.4, -0.2) is 26.4 Å². The molecule has 1 aliphatic rings. The van der Waals surface area contributed by atoms with Gasteiger partial charge in [0.05, 0.1) is 6.10 Å². The van der Waals surface area contributed by atoms with Gasteiger partial charge in [-0.3, -0.25) is 0 Å². The largest absolute Gasteiger partial charge is 0.362 e. The first-order valence-corrected chi connectivity index (χ1v) is 5.10. The van der Waals surface area contributed by atoms with Gasteiger partial charge in [-0.1, -0.05) is 0 Å². The Morgan fingerprint density at radius 3 is 2.67 bits per heavy atom. The molecule has 0 bridgehead atoms. The zero-order valence-corrected chi connectivity index (χ0v) is 9.50. The van der Waals surface area contributed by atoms with Gasteiger partial charge in [-0.15, -0.1) is 0 Å². The van der Waals surface area contributed by atoms with Crippen molar-refractivity contribution in [2.24, 2.45) is 0 Å². The summed E-state index contributed by atoms with van der Waals surface area (Å²) in [6.45, 7) is 4.21. The minimum atomic E-state index is 0.378. The minimum absolute atomic E-state index is 0.378. The zero-order chi connectivity index (χ0) is 6.85. The third-order valence-electron chi connectivity index (χ3n) is 1.18. The monoisotopic (exact) mass is 353 g/mol. The van der Waals surface area contributed by atoms with E-state index < -0.39 is 0 Å². The quantitative estimate of drug-likeness (QED) is 0.374. The highest BCUT2D eigenvalue weighted by atomic mass is 127. The van der Waals surface area contributed by atoms with E-state index in [0.29, 0.717) is 10.2 Å². The van der Waals surface area contributed by atoms with Crippen molar-refractivity contribution in [2.45, 2.75) is 17.1 Å². The molecule has 0 aliphatic carbocycles. The summed E-state index contributed by atoms with van der Waals surface area (Å²) in [7, 11) is 0. The maximum Gasteiger partial charge on any atom is 0.122 e. The summed E-state index contributed by atoms with van der Waals surface area (Å²) in [5, 5.41) is 0. The lowest BCUT2D eigenvalue weighted by atomic mass is 10.3. The van der Waals surface area contributed by atoms with Gasteiger partial charge in [0.25, 0.3) is 0 Å². The van der Waals surface area contributed by atoms with Crippen LogP contribution >= 0.6 is 45.5 Å². The number of alkyl halides is 1. The van der Waals surface area contributed by atoms with Crippen molar-refractivity contribution in [2.75, 3.05) is 13.1 Å². The average molecular weight is 353 g/mol. The molecule has 0 aromatic carbocycles. The van der Waals surface area contributed by atoms with Gasteiger partial charge in [0.2, 0.25) is 0 Å². The van der Waals surface area contributed by atoms with Crippen LogP contribution in [0.25, 0.3) is 0 Å². The highest BCUT2D eigenvalue weighted by molar-refractivity contribution is 14.1. The molecular formula is C5H9I2NO. The highest BCUT2D eigenvalue weighted by Gasteiger charge is 2.20. The Kier molecular flexibility index (Phi) is 3.47. The third-order valence-corrected chi connectivity index (χ3v) is 2.65. The van der Waals surface area contributed by atoms with Crippen LogP contribution < -0.4 is 0 Å². The standard InChI is InChI=1S/C5H9I2NO/c1-4-2-8(7)3-5(6)9-4/h4-5H,2-3H2,1H3/t4-,5-/m0/s1. The number of hydrogen-bond acceptors (Lipinski definition) is 2. The van der Waals surface area contributed by atoms with Gasteiger partial charge < -0.3 is 4.74 Å². The number of rotatable bonds is 0. The molecule has 1 heterocycles. The summed E-state index contributed by atoms with van der Waals surface area (Å²) in [4.78, 5) is 0. The molecule has 0 aromatic heterocycles. The Balaban J connectivity index is 2.34. The van der Waals surface area contributed by atoms with Gasteiger partial charge in [0, 0.05) is 36.0 Å². The summed E-state index contributed by atoms with van der Waals surface area (Å²) < 4.78 is 8.14. The molecule has 0 aromatic rings. The molecule has 0 radical (unpaired) electrons. The van der Waals surface area contributed by atoms with Crippen LogP contribution in [0.15, 0.2) is 0 Å². The second-order valence-electron chi connectivity index (χ2n) is 2.18. The molecular weight excluding hydrogens is 344 g/mol. The van der Waals surface area contributed by atoms with Crippen molar-refractivity contribution in [3.05, 3.63) is 0 Å². The van der Waals surface area contributed by atoms with E-state index in [9.17, 15) is 0 Å². The van der Waals surface area contributed by atoms with Crippen LogP contribution in [-0.2, 0) is 4.74 Å². The van der Waals surface area contributed by atoms with Gasteiger partial charge in [-0.2, -0.15) is 0 Å². The molecule has 1 fully saturated rings. The fourth-order valence-electron chi connectivity index (χ4n) is 0.847. The minimum Gasteiger partial charge on any atom is -0.362 e. The maximum absolute atomic E-state index is 5.50. The Bertz CT molecular complexity index is 75.9. The fraction of sp³-hybridized carbons (Fsp3) is 1.00. The molecule has 54 valence electrons. The third kappa shape index (κ3) is 2.85. The van der Waals surface area contributed by atoms with Crippen molar-refractivity contribution in [1.29, 1.82) is 0 Å². The van der Waals surface area contributed by atoms with Gasteiger partial charge in [-0.05, 0) is 29.5 Å². The van der Waals surface area contributed by atoms with Gasteiger partial charge in [-0.25, -0.2) is 3.11 Å². The summed E-state index contributed by atoms with van der Waals surface area (Å²) in [5.41, 5.74) is 0. The Morgan fingerprint density at radius 2 is 2.22 bits per heavy atom. The molecule has 4 heteroatoms. The molecule has 1 aliphatic heterocycles. The molecule has 9 heavy (non-hydrogen) atoms. The Labute approximate surface area is 82.9 Å². The van der Waals surface area contributed by atoms with E-state index in [0.717, 1.165) is 13.1 Å². The van der Waals surface area contributed by atoms with Crippen LogP contribution in [0.4, 0.5) is 0 Å². The summed E-state index contributed by atoms with van der Waals surface area (Å²) in [6.07, 6.45) is 0.401. The fourth-order valence-corrected chi connectivity index (χ4v) is 3.49. The van der Waals surface area contributed by atoms with Crippen LogP contribution in [0.1, 0.15) is 6.92 Å². The van der Waals surface area contributed by atoms with Crippen LogP contribution in [0.3, 0.4) is 0 Å². The van der Waals surface area contributed by atoms with E-state index in [-0.39, 0.29) is 0 Å². The number of ether oxygens (including phenoxy) is 1. The van der Waals surface area contributed by atoms with Crippen LogP contribution in [0.5, 0.6) is 0 Å². The van der Waals surface area contributed by atoms with Crippen LogP contribution in [0.2, 0.25) is 0 Å². The molecule has 0 N–H and O–H groups in total. The van der Waals surface area contributed by atoms with Gasteiger partial charge >= 0.3 is 0 Å². The molecule has 0 spiro atoms. The second kappa shape index (κ2) is 3.68. The first-order valence-electron chi connectivity index (χ1n) is 2.88. The van der Waals surface area contributed by atoms with Crippen molar-refractivity contribution >= 4 is 45.5 Å². The zero-order valence-electron chi connectivity index (χ0n) is 5.18. The van der Waals surface area contributed by atoms with Gasteiger partial charge in [0.15, 0.2) is 0 Å². The topological polar surface area (TPSA) is 12.5 Å². The number of morpholine rings is 1. The van der Waals surface area contributed by atoms with Crippen molar-refractivity contribution in [3.8, 4) is 0 Å². The second-order valence-corrected chi connectivity index (χ2v) is 4.94. The van der Waals surface area contributed by atoms with Crippen molar-refractivity contribution < 1.29 is 4.74 Å². The van der Waals surface area contributed by atoms with Crippen molar-refractivity contribution in [1.82, 2.24) is 3.11 Å². The summed E-state index contributed by atoms with van der Waals surface area (Å²) in [6, 6.07) is 0. The molecule has 0 saturated carbocycles. The first kappa shape index (κ1) is 8.48. The van der Waals surface area contributed by atoms with E-state index in [1.54, 1.807) is 0 Å². The van der Waals surface area contributed by atoms with Gasteiger partial charge in [0.1, 0.15) is 4.11 Å². The lowest BCUT2D eigenvalue weighted by molar-refractivity contribution is 0.00764. The van der Waals surface area contributed by atoms with E-state index in [1.807, 2.05) is 0 Å². The molecule has 1 saturated heterocycles. The maximum atomic E-state index is 5.50.